The fourth-order valence-corrected chi connectivity index (χ4v) is 2.43. The van der Waals surface area contributed by atoms with Crippen molar-refractivity contribution in [2.24, 2.45) is 0 Å². The standard InChI is InChI=1S/C19H20ClNO4/c1-13-11-15(20)9-10-16(13)24-12-17(22)25-18(19(23)21(2)3)14-7-5-4-6-8-14/h4-11,18H,12H2,1-3H3/t18-/m0/s1. The molecule has 0 unspecified atom stereocenters. The van der Waals surface area contributed by atoms with Crippen molar-refractivity contribution in [1.82, 2.24) is 4.90 Å². The van der Waals surface area contributed by atoms with E-state index in [0.29, 0.717) is 16.3 Å². The van der Waals surface area contributed by atoms with Crippen LogP contribution in [0.4, 0.5) is 0 Å². The number of halogens is 1. The molecule has 0 aliphatic carbocycles. The Morgan fingerprint density at radius 2 is 1.80 bits per heavy atom. The Hall–Kier alpha value is -2.53. The number of hydrogen-bond donors (Lipinski definition) is 0. The first kappa shape index (κ1) is 18.8. The van der Waals surface area contributed by atoms with Gasteiger partial charge in [0.05, 0.1) is 0 Å². The first-order valence-corrected chi connectivity index (χ1v) is 8.11. The number of amides is 1. The predicted octanol–water partition coefficient (Wildman–Crippen LogP) is 3.40. The van der Waals surface area contributed by atoms with Crippen molar-refractivity contribution in [1.29, 1.82) is 0 Å². The third kappa shape index (κ3) is 5.22. The molecule has 1 amide bonds. The Kier molecular flexibility index (Phi) is 6.42. The molecule has 5 nitrogen and oxygen atoms in total. The van der Waals surface area contributed by atoms with Crippen molar-refractivity contribution in [3.63, 3.8) is 0 Å². The molecule has 2 aromatic rings. The summed E-state index contributed by atoms with van der Waals surface area (Å²) in [7, 11) is 3.22. The van der Waals surface area contributed by atoms with Gasteiger partial charge in [0.25, 0.3) is 5.91 Å². The highest BCUT2D eigenvalue weighted by Gasteiger charge is 2.26. The number of rotatable bonds is 6. The van der Waals surface area contributed by atoms with E-state index in [1.165, 1.54) is 4.90 Å². The molecule has 0 fully saturated rings. The summed E-state index contributed by atoms with van der Waals surface area (Å²) in [6, 6.07) is 14.0. The molecule has 25 heavy (non-hydrogen) atoms. The molecule has 2 aromatic carbocycles. The van der Waals surface area contributed by atoms with E-state index < -0.39 is 12.1 Å². The van der Waals surface area contributed by atoms with Crippen LogP contribution in [0, 0.1) is 6.92 Å². The minimum atomic E-state index is -1.00. The van der Waals surface area contributed by atoms with Crippen molar-refractivity contribution in [3.8, 4) is 5.75 Å². The Labute approximate surface area is 152 Å². The predicted molar refractivity (Wildman–Crippen MR) is 95.7 cm³/mol. The summed E-state index contributed by atoms with van der Waals surface area (Å²) in [5.41, 5.74) is 1.42. The lowest BCUT2D eigenvalue weighted by molar-refractivity contribution is -0.161. The van der Waals surface area contributed by atoms with Crippen LogP contribution in [0.15, 0.2) is 48.5 Å². The van der Waals surface area contributed by atoms with Gasteiger partial charge in [0.2, 0.25) is 6.10 Å². The lowest BCUT2D eigenvalue weighted by Gasteiger charge is -2.21. The van der Waals surface area contributed by atoms with Gasteiger partial charge in [-0.25, -0.2) is 4.79 Å². The topological polar surface area (TPSA) is 55.8 Å². The molecule has 0 radical (unpaired) electrons. The van der Waals surface area contributed by atoms with Gasteiger partial charge in [0.1, 0.15) is 5.75 Å². The van der Waals surface area contributed by atoms with Gasteiger partial charge in [-0.2, -0.15) is 0 Å². The average molecular weight is 362 g/mol. The molecule has 0 heterocycles. The van der Waals surface area contributed by atoms with Crippen molar-refractivity contribution in [2.75, 3.05) is 20.7 Å². The molecule has 0 saturated heterocycles. The van der Waals surface area contributed by atoms with Gasteiger partial charge in [-0.3, -0.25) is 4.79 Å². The van der Waals surface area contributed by atoms with Gasteiger partial charge in [-0.05, 0) is 30.7 Å². The summed E-state index contributed by atoms with van der Waals surface area (Å²) in [5, 5.41) is 0.591. The van der Waals surface area contributed by atoms with Crippen LogP contribution < -0.4 is 4.74 Å². The van der Waals surface area contributed by atoms with Crippen molar-refractivity contribution in [3.05, 3.63) is 64.7 Å². The minimum Gasteiger partial charge on any atom is -0.482 e. The number of nitrogens with zero attached hydrogens (tertiary/aromatic N) is 1. The largest absolute Gasteiger partial charge is 0.482 e. The molecule has 2 rings (SSSR count). The van der Waals surface area contributed by atoms with Gasteiger partial charge >= 0.3 is 5.97 Å². The zero-order chi connectivity index (χ0) is 18.4. The summed E-state index contributed by atoms with van der Waals surface area (Å²) in [6.45, 7) is 1.53. The lowest BCUT2D eigenvalue weighted by atomic mass is 10.1. The summed E-state index contributed by atoms with van der Waals surface area (Å²) in [5.74, 6) is -0.405. The molecular formula is C19H20ClNO4. The third-order valence-electron chi connectivity index (χ3n) is 3.50. The van der Waals surface area contributed by atoms with E-state index in [0.717, 1.165) is 5.56 Å². The number of aryl methyl sites for hydroxylation is 1. The molecule has 0 N–H and O–H groups in total. The SMILES string of the molecule is Cc1cc(Cl)ccc1OCC(=O)O[C@H](C(=O)N(C)C)c1ccccc1. The molecule has 0 aliphatic rings. The summed E-state index contributed by atoms with van der Waals surface area (Å²) >= 11 is 5.89. The average Bonchev–Trinajstić information content (AvgIpc) is 2.59. The van der Waals surface area contributed by atoms with Crippen LogP contribution in [-0.2, 0) is 14.3 Å². The van der Waals surface area contributed by atoms with E-state index in [1.807, 2.05) is 13.0 Å². The lowest BCUT2D eigenvalue weighted by Crippen LogP contribution is -2.32. The van der Waals surface area contributed by atoms with E-state index in [4.69, 9.17) is 21.1 Å². The Bertz CT molecular complexity index is 746. The van der Waals surface area contributed by atoms with Gasteiger partial charge in [0, 0.05) is 24.7 Å². The normalized spacial score (nSPS) is 11.5. The second-order valence-corrected chi connectivity index (χ2v) is 6.15. The van der Waals surface area contributed by atoms with Crippen LogP contribution in [0.25, 0.3) is 0 Å². The van der Waals surface area contributed by atoms with E-state index in [-0.39, 0.29) is 12.5 Å². The molecule has 132 valence electrons. The quantitative estimate of drug-likeness (QED) is 0.740. The van der Waals surface area contributed by atoms with Crippen molar-refractivity contribution < 1.29 is 19.1 Å². The molecule has 0 bridgehead atoms. The van der Waals surface area contributed by atoms with Gasteiger partial charge in [-0.15, -0.1) is 0 Å². The van der Waals surface area contributed by atoms with Gasteiger partial charge < -0.3 is 14.4 Å². The highest BCUT2D eigenvalue weighted by Crippen LogP contribution is 2.23. The molecular weight excluding hydrogens is 342 g/mol. The smallest absolute Gasteiger partial charge is 0.345 e. The van der Waals surface area contributed by atoms with Crippen molar-refractivity contribution in [2.45, 2.75) is 13.0 Å². The zero-order valence-corrected chi connectivity index (χ0v) is 15.1. The fraction of sp³-hybridized carbons (Fsp3) is 0.263. The number of ether oxygens (including phenoxy) is 2. The Morgan fingerprint density at radius 1 is 1.12 bits per heavy atom. The molecule has 0 aliphatic heterocycles. The maximum absolute atomic E-state index is 12.3. The molecule has 0 spiro atoms. The second kappa shape index (κ2) is 8.53. The number of hydrogen-bond acceptors (Lipinski definition) is 4. The Morgan fingerprint density at radius 3 is 2.40 bits per heavy atom. The monoisotopic (exact) mass is 361 g/mol. The zero-order valence-electron chi connectivity index (χ0n) is 14.4. The summed E-state index contributed by atoms with van der Waals surface area (Å²) in [4.78, 5) is 25.9. The summed E-state index contributed by atoms with van der Waals surface area (Å²) in [6.07, 6.45) is -1.00. The summed E-state index contributed by atoms with van der Waals surface area (Å²) < 4.78 is 10.8. The van der Waals surface area contributed by atoms with Crippen molar-refractivity contribution >= 4 is 23.5 Å². The number of esters is 1. The first-order chi connectivity index (χ1) is 11.9. The van der Waals surface area contributed by atoms with Gasteiger partial charge in [-0.1, -0.05) is 41.9 Å². The van der Waals surface area contributed by atoms with E-state index in [9.17, 15) is 9.59 Å². The van der Waals surface area contributed by atoms with Crippen LogP contribution >= 0.6 is 11.6 Å². The number of likely N-dealkylation sites (N-methyl/N-ethyl adjacent to an activating group) is 1. The molecule has 1 atom stereocenters. The van der Waals surface area contributed by atoms with Crippen LogP contribution in [0.1, 0.15) is 17.2 Å². The number of benzene rings is 2. The highest BCUT2D eigenvalue weighted by molar-refractivity contribution is 6.30. The first-order valence-electron chi connectivity index (χ1n) is 7.73. The van der Waals surface area contributed by atoms with E-state index in [2.05, 4.69) is 0 Å². The van der Waals surface area contributed by atoms with E-state index >= 15 is 0 Å². The van der Waals surface area contributed by atoms with Crippen LogP contribution in [0.3, 0.4) is 0 Å². The fourth-order valence-electron chi connectivity index (χ4n) is 2.20. The molecule has 6 heteroatoms. The molecule has 0 aromatic heterocycles. The minimum absolute atomic E-state index is 0.299. The van der Waals surface area contributed by atoms with Crippen LogP contribution in [-0.4, -0.2) is 37.5 Å². The maximum Gasteiger partial charge on any atom is 0.345 e. The molecule has 0 saturated carbocycles. The number of carbonyl (C=O) groups is 2. The van der Waals surface area contributed by atoms with Crippen LogP contribution in [0.5, 0.6) is 5.75 Å². The van der Waals surface area contributed by atoms with Crippen LogP contribution in [0.2, 0.25) is 5.02 Å². The number of carbonyl (C=O) groups excluding carboxylic acids is 2. The van der Waals surface area contributed by atoms with E-state index in [1.54, 1.807) is 56.6 Å². The third-order valence-corrected chi connectivity index (χ3v) is 3.73. The van der Waals surface area contributed by atoms with Gasteiger partial charge in [0.15, 0.2) is 6.61 Å². The maximum atomic E-state index is 12.3. The Balaban J connectivity index is 2.05. The second-order valence-electron chi connectivity index (χ2n) is 5.71. The highest BCUT2D eigenvalue weighted by atomic mass is 35.5.